The molecule has 1 heterocycles. The van der Waals surface area contributed by atoms with E-state index in [0.717, 1.165) is 31.4 Å². The second-order valence-electron chi connectivity index (χ2n) is 6.20. The highest BCUT2D eigenvalue weighted by Gasteiger charge is 2.29. The van der Waals surface area contributed by atoms with Crippen LogP contribution in [0.1, 0.15) is 36.5 Å². The zero-order valence-electron chi connectivity index (χ0n) is 13.3. The van der Waals surface area contributed by atoms with Gasteiger partial charge in [-0.3, -0.25) is 4.79 Å². The van der Waals surface area contributed by atoms with Gasteiger partial charge in [0.2, 0.25) is 5.91 Å². The zero-order chi connectivity index (χ0) is 16.1. The van der Waals surface area contributed by atoms with E-state index in [4.69, 9.17) is 0 Å². The molecule has 0 bridgehead atoms. The molecular formula is C20H23NO2. The van der Waals surface area contributed by atoms with Crippen molar-refractivity contribution >= 4 is 5.91 Å². The Morgan fingerprint density at radius 3 is 2.43 bits per heavy atom. The Kier molecular flexibility index (Phi) is 5.09. The second-order valence-corrected chi connectivity index (χ2v) is 6.20. The summed E-state index contributed by atoms with van der Waals surface area (Å²) in [6, 6.07) is 20.0. The molecule has 1 amide bonds. The van der Waals surface area contributed by atoms with Gasteiger partial charge in [-0.2, -0.15) is 0 Å². The minimum absolute atomic E-state index is 0.0554. The van der Waals surface area contributed by atoms with Crippen molar-refractivity contribution in [3.8, 4) is 0 Å². The fraction of sp³-hybridized carbons (Fsp3) is 0.350. The predicted molar refractivity (Wildman–Crippen MR) is 90.9 cm³/mol. The Morgan fingerprint density at radius 1 is 1.09 bits per heavy atom. The maximum absolute atomic E-state index is 12.6. The second kappa shape index (κ2) is 7.42. The molecule has 0 aromatic heterocycles. The third-order valence-corrected chi connectivity index (χ3v) is 4.56. The van der Waals surface area contributed by atoms with E-state index >= 15 is 0 Å². The van der Waals surface area contributed by atoms with Crippen molar-refractivity contribution in [3.63, 3.8) is 0 Å². The van der Waals surface area contributed by atoms with Crippen LogP contribution in [0.2, 0.25) is 0 Å². The van der Waals surface area contributed by atoms with Crippen LogP contribution >= 0.6 is 0 Å². The first-order chi connectivity index (χ1) is 11.2. The minimum atomic E-state index is -0.721. The van der Waals surface area contributed by atoms with Gasteiger partial charge in [-0.1, -0.05) is 60.7 Å². The lowest BCUT2D eigenvalue weighted by Gasteiger charge is -2.26. The van der Waals surface area contributed by atoms with Crippen molar-refractivity contribution in [1.82, 2.24) is 4.90 Å². The van der Waals surface area contributed by atoms with Crippen LogP contribution in [0.4, 0.5) is 0 Å². The van der Waals surface area contributed by atoms with E-state index in [1.165, 1.54) is 5.56 Å². The number of nitrogens with zero attached hydrogens (tertiary/aromatic N) is 1. The van der Waals surface area contributed by atoms with Gasteiger partial charge < -0.3 is 10.0 Å². The number of aliphatic hydroxyl groups excluding tert-OH is 1. The maximum Gasteiger partial charge on any atom is 0.225 e. The summed E-state index contributed by atoms with van der Waals surface area (Å²) in [6.45, 7) is 0.803. The number of likely N-dealkylation sites (tertiary alicyclic amines) is 1. The predicted octanol–water partition coefficient (Wildman–Crippen LogP) is 3.34. The molecule has 0 radical (unpaired) electrons. The topological polar surface area (TPSA) is 40.5 Å². The maximum atomic E-state index is 12.6. The van der Waals surface area contributed by atoms with E-state index in [2.05, 4.69) is 12.1 Å². The molecule has 1 aliphatic rings. The summed E-state index contributed by atoms with van der Waals surface area (Å²) in [5, 5.41) is 10.3. The molecule has 1 N–H and O–H groups in total. The number of rotatable bonds is 5. The van der Waals surface area contributed by atoms with Crippen molar-refractivity contribution in [2.24, 2.45) is 0 Å². The SMILES string of the molecule is O=C(CC(O)c1ccccc1)N1CCCC1Cc1ccccc1. The fourth-order valence-electron chi connectivity index (χ4n) is 3.34. The molecule has 0 aliphatic carbocycles. The average Bonchev–Trinajstić information content (AvgIpc) is 3.05. The summed E-state index contributed by atoms with van der Waals surface area (Å²) in [6.07, 6.45) is 2.43. The van der Waals surface area contributed by atoms with Crippen LogP contribution in [0.15, 0.2) is 60.7 Å². The number of hydrogen-bond acceptors (Lipinski definition) is 2. The molecule has 2 unspecified atom stereocenters. The third kappa shape index (κ3) is 3.99. The van der Waals surface area contributed by atoms with Crippen molar-refractivity contribution in [1.29, 1.82) is 0 Å². The fourth-order valence-corrected chi connectivity index (χ4v) is 3.34. The van der Waals surface area contributed by atoms with Gasteiger partial charge in [0, 0.05) is 12.6 Å². The summed E-state index contributed by atoms with van der Waals surface area (Å²) in [7, 11) is 0. The Balaban J connectivity index is 1.62. The Hall–Kier alpha value is -2.13. The quantitative estimate of drug-likeness (QED) is 0.920. The smallest absolute Gasteiger partial charge is 0.225 e. The summed E-state index contributed by atoms with van der Waals surface area (Å²) in [5.74, 6) is 0.0554. The van der Waals surface area contributed by atoms with Crippen molar-refractivity contribution in [2.45, 2.75) is 37.8 Å². The van der Waals surface area contributed by atoms with Gasteiger partial charge in [-0.25, -0.2) is 0 Å². The van der Waals surface area contributed by atoms with Gasteiger partial charge in [-0.15, -0.1) is 0 Å². The lowest BCUT2D eigenvalue weighted by atomic mass is 10.0. The molecule has 120 valence electrons. The van der Waals surface area contributed by atoms with E-state index in [-0.39, 0.29) is 18.4 Å². The number of carbonyl (C=O) groups excluding carboxylic acids is 1. The van der Waals surface area contributed by atoms with Crippen molar-refractivity contribution in [2.75, 3.05) is 6.54 Å². The van der Waals surface area contributed by atoms with E-state index in [1.807, 2.05) is 53.4 Å². The highest BCUT2D eigenvalue weighted by atomic mass is 16.3. The van der Waals surface area contributed by atoms with Crippen LogP contribution in [-0.4, -0.2) is 28.5 Å². The normalized spacial score (nSPS) is 18.8. The first kappa shape index (κ1) is 15.8. The van der Waals surface area contributed by atoms with Gasteiger partial charge in [-0.05, 0) is 30.4 Å². The summed E-state index contributed by atoms with van der Waals surface area (Å²) in [4.78, 5) is 14.6. The Morgan fingerprint density at radius 2 is 1.74 bits per heavy atom. The number of aliphatic hydroxyl groups is 1. The molecule has 3 nitrogen and oxygen atoms in total. The summed E-state index contributed by atoms with van der Waals surface area (Å²) >= 11 is 0. The monoisotopic (exact) mass is 309 g/mol. The van der Waals surface area contributed by atoms with Crippen LogP contribution in [-0.2, 0) is 11.2 Å². The molecule has 1 fully saturated rings. The van der Waals surface area contributed by atoms with Crippen LogP contribution in [0.25, 0.3) is 0 Å². The summed E-state index contributed by atoms with van der Waals surface area (Å²) < 4.78 is 0. The van der Waals surface area contributed by atoms with Crippen LogP contribution in [0, 0.1) is 0 Å². The van der Waals surface area contributed by atoms with Crippen LogP contribution < -0.4 is 0 Å². The van der Waals surface area contributed by atoms with E-state index in [9.17, 15) is 9.90 Å². The molecule has 3 rings (SSSR count). The third-order valence-electron chi connectivity index (χ3n) is 4.56. The lowest BCUT2D eigenvalue weighted by molar-refractivity contribution is -0.134. The molecule has 0 saturated carbocycles. The lowest BCUT2D eigenvalue weighted by Crippen LogP contribution is -2.37. The van der Waals surface area contributed by atoms with E-state index in [0.29, 0.717) is 0 Å². The molecule has 0 spiro atoms. The average molecular weight is 309 g/mol. The molecule has 1 saturated heterocycles. The molecule has 3 heteroatoms. The highest BCUT2D eigenvalue weighted by molar-refractivity contribution is 5.77. The van der Waals surface area contributed by atoms with Crippen molar-refractivity contribution < 1.29 is 9.90 Å². The Bertz CT molecular complexity index is 627. The van der Waals surface area contributed by atoms with E-state index < -0.39 is 6.10 Å². The van der Waals surface area contributed by atoms with Gasteiger partial charge in [0.1, 0.15) is 0 Å². The van der Waals surface area contributed by atoms with Gasteiger partial charge in [0.25, 0.3) is 0 Å². The highest BCUT2D eigenvalue weighted by Crippen LogP contribution is 2.25. The van der Waals surface area contributed by atoms with Gasteiger partial charge in [0.15, 0.2) is 0 Å². The van der Waals surface area contributed by atoms with Crippen molar-refractivity contribution in [3.05, 3.63) is 71.8 Å². The standard InChI is InChI=1S/C20H23NO2/c22-19(17-10-5-2-6-11-17)15-20(23)21-13-7-12-18(21)14-16-8-3-1-4-9-16/h1-6,8-11,18-19,22H,7,12-15H2. The number of benzene rings is 2. The largest absolute Gasteiger partial charge is 0.388 e. The molecule has 2 aromatic rings. The van der Waals surface area contributed by atoms with Crippen LogP contribution in [0.5, 0.6) is 0 Å². The molecular weight excluding hydrogens is 286 g/mol. The Labute approximate surface area is 137 Å². The molecule has 2 aromatic carbocycles. The summed E-state index contributed by atoms with van der Waals surface area (Å²) in [5.41, 5.74) is 2.07. The van der Waals surface area contributed by atoms with E-state index in [1.54, 1.807) is 0 Å². The molecule has 23 heavy (non-hydrogen) atoms. The number of hydrogen-bond donors (Lipinski definition) is 1. The van der Waals surface area contributed by atoms with Crippen LogP contribution in [0.3, 0.4) is 0 Å². The van der Waals surface area contributed by atoms with Gasteiger partial charge in [0.05, 0.1) is 12.5 Å². The minimum Gasteiger partial charge on any atom is -0.388 e. The van der Waals surface area contributed by atoms with Gasteiger partial charge >= 0.3 is 0 Å². The zero-order valence-corrected chi connectivity index (χ0v) is 13.3. The number of amides is 1. The number of carbonyl (C=O) groups is 1. The molecule has 1 aliphatic heterocycles. The first-order valence-electron chi connectivity index (χ1n) is 8.30. The first-order valence-corrected chi connectivity index (χ1v) is 8.30. The molecule has 2 atom stereocenters.